The van der Waals surface area contributed by atoms with Gasteiger partial charge in [-0.1, -0.05) is 207 Å². The molecule has 8 N–H and O–H groups in total. The van der Waals surface area contributed by atoms with E-state index in [0.29, 0.717) is 12.8 Å². The standard InChI is InChI=1S/C54H104N2O11/c1-5-9-13-17-21-25-29-33-41(34-30-26-22-18-14-10-6-2)37-45(57)55-39-43-47(59)49(61)51(63)53(65-43)67-54-52(64)50(62)48(60)44(66-54)40-56-46(58)38-42(35-31-27-23-19-15-11-7-3)36-32-28-24-20-16-12-8-4/h41-44,47-54,59-64H,5-40H2,1-4H3,(H,55,57)(H,56,58)/t43-,44-,47-,48-,49+,50+,51-,52-,53-,54-/m1/s1. The maximum atomic E-state index is 13.3. The molecule has 0 aliphatic carbocycles. The van der Waals surface area contributed by atoms with Gasteiger partial charge in [0.05, 0.1) is 0 Å². The van der Waals surface area contributed by atoms with Gasteiger partial charge >= 0.3 is 0 Å². The highest BCUT2D eigenvalue weighted by molar-refractivity contribution is 5.76. The van der Waals surface area contributed by atoms with Crippen molar-refractivity contribution in [2.24, 2.45) is 11.8 Å². The highest BCUT2D eigenvalue weighted by atomic mass is 16.8. The van der Waals surface area contributed by atoms with Crippen LogP contribution in [0.2, 0.25) is 0 Å². The molecular weight excluding hydrogens is 853 g/mol. The molecule has 0 bridgehead atoms. The lowest BCUT2D eigenvalue weighted by atomic mass is 9.91. The third kappa shape index (κ3) is 27.1. The van der Waals surface area contributed by atoms with Crippen LogP contribution in [0.3, 0.4) is 0 Å². The van der Waals surface area contributed by atoms with Gasteiger partial charge in [-0.2, -0.15) is 0 Å². The summed E-state index contributed by atoms with van der Waals surface area (Å²) in [6, 6.07) is 0. The zero-order valence-electron chi connectivity index (χ0n) is 43.1. The lowest BCUT2D eigenvalue weighted by molar-refractivity contribution is -0.372. The number of hydrogen-bond acceptors (Lipinski definition) is 11. The van der Waals surface area contributed by atoms with Crippen LogP contribution in [0, 0.1) is 11.8 Å². The minimum Gasteiger partial charge on any atom is -0.388 e. The average Bonchev–Trinajstić information content (AvgIpc) is 3.31. The average molecular weight is 957 g/mol. The molecule has 0 radical (unpaired) electrons. The first-order valence-electron chi connectivity index (χ1n) is 28.0. The van der Waals surface area contributed by atoms with Crippen molar-refractivity contribution < 1.29 is 54.4 Å². The second-order valence-corrected chi connectivity index (χ2v) is 20.6. The van der Waals surface area contributed by atoms with E-state index in [1.807, 2.05) is 0 Å². The van der Waals surface area contributed by atoms with Gasteiger partial charge < -0.3 is 55.5 Å². The Morgan fingerprint density at radius 2 is 0.642 bits per heavy atom. The molecule has 13 heteroatoms. The van der Waals surface area contributed by atoms with E-state index < -0.39 is 61.4 Å². The van der Waals surface area contributed by atoms with Crippen LogP contribution in [0.25, 0.3) is 0 Å². The van der Waals surface area contributed by atoms with E-state index >= 15 is 0 Å². The van der Waals surface area contributed by atoms with Crippen LogP contribution >= 0.6 is 0 Å². The summed E-state index contributed by atoms with van der Waals surface area (Å²) in [5.74, 6) is 0.116. The predicted molar refractivity (Wildman–Crippen MR) is 267 cm³/mol. The monoisotopic (exact) mass is 957 g/mol. The molecule has 0 saturated carbocycles. The van der Waals surface area contributed by atoms with Crippen molar-refractivity contribution in [1.82, 2.24) is 10.6 Å². The van der Waals surface area contributed by atoms with E-state index in [1.54, 1.807) is 0 Å². The number of rotatable bonds is 42. The van der Waals surface area contributed by atoms with Crippen molar-refractivity contribution in [1.29, 1.82) is 0 Å². The number of hydrogen-bond donors (Lipinski definition) is 8. The first-order valence-corrected chi connectivity index (χ1v) is 28.0. The summed E-state index contributed by atoms with van der Waals surface area (Å²) < 4.78 is 17.6. The van der Waals surface area contributed by atoms with Gasteiger partial charge in [-0.25, -0.2) is 0 Å². The Bertz CT molecular complexity index is 1080. The summed E-state index contributed by atoms with van der Waals surface area (Å²) in [6.07, 6.45) is 22.8. The largest absolute Gasteiger partial charge is 0.388 e. The number of carbonyl (C=O) groups is 2. The molecule has 0 spiro atoms. The van der Waals surface area contributed by atoms with Crippen LogP contribution in [-0.4, -0.2) is 117 Å². The van der Waals surface area contributed by atoms with E-state index in [0.717, 1.165) is 77.0 Å². The molecule has 0 aromatic heterocycles. The quantitative estimate of drug-likeness (QED) is 0.0271. The van der Waals surface area contributed by atoms with E-state index in [4.69, 9.17) is 14.2 Å². The molecule has 67 heavy (non-hydrogen) atoms. The SMILES string of the molecule is CCCCCCCCCC(CCCCCCCCC)CC(=O)NC[C@H]1O[C@H](O[C@H]2O[C@H](CNC(=O)CC(CCCCCCCCC)CCCCCCCCC)[C@@H](O)[C@H](O)[C@H]2O)[C@H](O)[C@@H](O)[C@@H]1O. The molecule has 2 aliphatic rings. The van der Waals surface area contributed by atoms with E-state index in [-0.39, 0.29) is 36.7 Å². The minimum atomic E-state index is -1.77. The van der Waals surface area contributed by atoms with E-state index in [2.05, 4.69) is 38.3 Å². The molecule has 396 valence electrons. The Balaban J connectivity index is 1.96. The number of nitrogens with one attached hydrogen (secondary N) is 2. The molecule has 2 amide bonds. The maximum absolute atomic E-state index is 13.3. The minimum absolute atomic E-state index is 0.159. The summed E-state index contributed by atoms with van der Waals surface area (Å²) in [4.78, 5) is 26.7. The molecular formula is C54H104N2O11. The van der Waals surface area contributed by atoms with E-state index in [9.17, 15) is 40.2 Å². The molecule has 2 rings (SSSR count). The summed E-state index contributed by atoms with van der Waals surface area (Å²) in [5.41, 5.74) is 0. The first-order chi connectivity index (χ1) is 32.5. The molecule has 2 heterocycles. The number of carbonyl (C=O) groups excluding carboxylic acids is 2. The number of aliphatic hydroxyl groups excluding tert-OH is 6. The Hall–Kier alpha value is -1.42. The lowest BCUT2D eigenvalue weighted by Crippen LogP contribution is -2.64. The van der Waals surface area contributed by atoms with E-state index in [1.165, 1.54) is 128 Å². The highest BCUT2D eigenvalue weighted by Crippen LogP contribution is 2.29. The molecule has 2 fully saturated rings. The van der Waals surface area contributed by atoms with Gasteiger partial charge in [0.25, 0.3) is 0 Å². The Morgan fingerprint density at radius 3 is 0.910 bits per heavy atom. The third-order valence-corrected chi connectivity index (χ3v) is 14.4. The van der Waals surface area contributed by atoms with Gasteiger partial charge in [0.1, 0.15) is 48.8 Å². The van der Waals surface area contributed by atoms with Crippen LogP contribution in [0.1, 0.15) is 246 Å². The predicted octanol–water partition coefficient (Wildman–Crippen LogP) is 9.43. The Morgan fingerprint density at radius 1 is 0.388 bits per heavy atom. The molecule has 2 aliphatic heterocycles. The normalized spacial score (nSPS) is 25.6. The fourth-order valence-electron chi connectivity index (χ4n) is 9.88. The van der Waals surface area contributed by atoms with Crippen molar-refractivity contribution in [2.75, 3.05) is 13.1 Å². The maximum Gasteiger partial charge on any atom is 0.220 e. The third-order valence-electron chi connectivity index (χ3n) is 14.4. The molecule has 2 saturated heterocycles. The van der Waals surface area contributed by atoms with Gasteiger partial charge in [-0.05, 0) is 37.5 Å². The van der Waals surface area contributed by atoms with Gasteiger partial charge in [0.15, 0.2) is 12.6 Å². The van der Waals surface area contributed by atoms with Gasteiger partial charge in [-0.3, -0.25) is 9.59 Å². The summed E-state index contributed by atoms with van der Waals surface area (Å²) in [7, 11) is 0. The van der Waals surface area contributed by atoms with Crippen LogP contribution in [0.5, 0.6) is 0 Å². The Kier molecular flexibility index (Phi) is 36.1. The fraction of sp³-hybridized carbons (Fsp3) is 0.963. The molecule has 13 nitrogen and oxygen atoms in total. The van der Waals surface area contributed by atoms with Crippen molar-refractivity contribution in [3.8, 4) is 0 Å². The number of amides is 2. The zero-order valence-corrected chi connectivity index (χ0v) is 43.1. The second kappa shape index (κ2) is 39.2. The van der Waals surface area contributed by atoms with Crippen molar-refractivity contribution in [2.45, 2.75) is 307 Å². The lowest BCUT2D eigenvalue weighted by Gasteiger charge is -2.45. The van der Waals surface area contributed by atoms with Crippen molar-refractivity contribution >= 4 is 11.8 Å². The van der Waals surface area contributed by atoms with Gasteiger partial charge in [0.2, 0.25) is 11.8 Å². The Labute approximate surface area is 408 Å². The topological polar surface area (TPSA) is 207 Å². The molecule has 0 unspecified atom stereocenters. The van der Waals surface area contributed by atoms with Crippen molar-refractivity contribution in [3.63, 3.8) is 0 Å². The summed E-state index contributed by atoms with van der Waals surface area (Å²) in [6.45, 7) is 8.57. The number of unbranched alkanes of at least 4 members (excludes halogenated alkanes) is 24. The van der Waals surface area contributed by atoms with Gasteiger partial charge in [0, 0.05) is 25.9 Å². The second-order valence-electron chi connectivity index (χ2n) is 20.6. The van der Waals surface area contributed by atoms with Crippen LogP contribution in [0.15, 0.2) is 0 Å². The zero-order chi connectivity index (χ0) is 49.1. The number of ether oxygens (including phenoxy) is 3. The molecule has 0 aromatic rings. The van der Waals surface area contributed by atoms with Crippen LogP contribution in [0.4, 0.5) is 0 Å². The van der Waals surface area contributed by atoms with Crippen molar-refractivity contribution in [3.05, 3.63) is 0 Å². The number of aliphatic hydroxyl groups is 6. The van der Waals surface area contributed by atoms with Gasteiger partial charge in [-0.15, -0.1) is 0 Å². The fourth-order valence-corrected chi connectivity index (χ4v) is 9.88. The van der Waals surface area contributed by atoms with Crippen LogP contribution < -0.4 is 10.6 Å². The molecule has 10 atom stereocenters. The van der Waals surface area contributed by atoms with Crippen LogP contribution in [-0.2, 0) is 23.8 Å². The summed E-state index contributed by atoms with van der Waals surface area (Å²) in [5, 5.41) is 71.0. The first kappa shape index (κ1) is 61.7. The highest BCUT2D eigenvalue weighted by Gasteiger charge is 2.50. The smallest absolute Gasteiger partial charge is 0.220 e. The summed E-state index contributed by atoms with van der Waals surface area (Å²) >= 11 is 0. The molecule has 0 aromatic carbocycles.